The van der Waals surface area contributed by atoms with E-state index in [9.17, 15) is 0 Å². The zero-order chi connectivity index (χ0) is 17.5. The van der Waals surface area contributed by atoms with Gasteiger partial charge in [0.05, 0.1) is 17.3 Å². The summed E-state index contributed by atoms with van der Waals surface area (Å²) in [5.74, 6) is 0.587. The van der Waals surface area contributed by atoms with Crippen LogP contribution >= 0.6 is 11.6 Å². The predicted octanol–water partition coefficient (Wildman–Crippen LogP) is 5.75. The topological polar surface area (TPSA) is 31.4 Å². The Hall–Kier alpha value is -0.843. The summed E-state index contributed by atoms with van der Waals surface area (Å²) >= 11 is 6.64. The van der Waals surface area contributed by atoms with Crippen molar-refractivity contribution < 1.29 is 9.16 Å². The van der Waals surface area contributed by atoms with Crippen LogP contribution in [0.1, 0.15) is 51.8 Å². The smallest absolute Gasteiger partial charge is 0.193 e. The first-order valence-corrected chi connectivity index (χ1v) is 11.5. The Bertz CT molecular complexity index is 604. The molecule has 0 radical (unpaired) electrons. The lowest BCUT2D eigenvalue weighted by molar-refractivity contribution is 0.154. The average molecular weight is 354 g/mol. The summed E-state index contributed by atoms with van der Waals surface area (Å²) in [6, 6.07) is 1.85. The summed E-state index contributed by atoms with van der Waals surface area (Å²) in [5, 5.41) is 0.767. The molecule has 0 aromatic carbocycles. The summed E-state index contributed by atoms with van der Waals surface area (Å²) in [5.41, 5.74) is 1.31. The van der Waals surface area contributed by atoms with Crippen LogP contribution in [-0.4, -0.2) is 19.9 Å². The maximum absolute atomic E-state index is 6.68. The Balaban J connectivity index is 2.35. The van der Waals surface area contributed by atoms with E-state index in [4.69, 9.17) is 20.8 Å². The Morgan fingerprint density at radius 2 is 2.00 bits per heavy atom. The van der Waals surface area contributed by atoms with Gasteiger partial charge in [0.25, 0.3) is 0 Å². The van der Waals surface area contributed by atoms with Gasteiger partial charge in [0, 0.05) is 11.8 Å². The standard InChI is InChI=1S/C18H28ClNO2Si/c1-8-21-13(2)14-9-12-20-16(15(14)19)18(10-11-18)22-23(6,7)17(3,4)5/h9,12H,2,8,10-11H2,1,3-7H3. The molecular formula is C18H28ClNO2Si. The second-order valence-electron chi connectivity index (χ2n) is 7.73. The van der Waals surface area contributed by atoms with E-state index < -0.39 is 8.32 Å². The third-order valence-electron chi connectivity index (χ3n) is 4.90. The summed E-state index contributed by atoms with van der Waals surface area (Å²) < 4.78 is 12.2. The first-order chi connectivity index (χ1) is 10.5. The normalized spacial score (nSPS) is 17.0. The van der Waals surface area contributed by atoms with Crippen LogP contribution in [-0.2, 0) is 14.8 Å². The molecule has 0 spiro atoms. The van der Waals surface area contributed by atoms with Gasteiger partial charge in [0.2, 0.25) is 0 Å². The van der Waals surface area contributed by atoms with Crippen molar-refractivity contribution in [2.24, 2.45) is 0 Å². The Labute approximate surface area is 146 Å². The van der Waals surface area contributed by atoms with Crippen molar-refractivity contribution >= 4 is 25.7 Å². The molecule has 1 aromatic heterocycles. The maximum Gasteiger partial charge on any atom is 0.193 e. The van der Waals surface area contributed by atoms with Crippen molar-refractivity contribution in [2.75, 3.05) is 6.61 Å². The molecule has 128 valence electrons. The number of hydrogen-bond donors (Lipinski definition) is 0. The first-order valence-electron chi connectivity index (χ1n) is 8.21. The van der Waals surface area contributed by atoms with Crippen molar-refractivity contribution in [3.63, 3.8) is 0 Å². The highest BCUT2D eigenvalue weighted by molar-refractivity contribution is 6.74. The fourth-order valence-electron chi connectivity index (χ4n) is 2.37. The van der Waals surface area contributed by atoms with Crippen molar-refractivity contribution in [3.05, 3.63) is 35.1 Å². The van der Waals surface area contributed by atoms with Gasteiger partial charge in [-0.3, -0.25) is 4.98 Å². The van der Waals surface area contributed by atoms with Crippen LogP contribution in [0.5, 0.6) is 0 Å². The van der Waals surface area contributed by atoms with E-state index in [1.165, 1.54) is 0 Å². The molecule has 0 amide bonds. The maximum atomic E-state index is 6.68. The number of nitrogens with zero attached hydrogens (tertiary/aromatic N) is 1. The highest BCUT2D eigenvalue weighted by Crippen LogP contribution is 2.55. The van der Waals surface area contributed by atoms with E-state index in [1.807, 2.05) is 13.0 Å². The average Bonchev–Trinajstić information content (AvgIpc) is 3.17. The monoisotopic (exact) mass is 353 g/mol. The lowest BCUT2D eigenvalue weighted by Crippen LogP contribution is -2.44. The fourth-order valence-corrected chi connectivity index (χ4v) is 4.34. The third-order valence-corrected chi connectivity index (χ3v) is 9.80. The van der Waals surface area contributed by atoms with Crippen LogP contribution in [0.15, 0.2) is 18.8 Å². The van der Waals surface area contributed by atoms with Gasteiger partial charge in [-0.15, -0.1) is 0 Å². The van der Waals surface area contributed by atoms with Gasteiger partial charge < -0.3 is 9.16 Å². The fraction of sp³-hybridized carbons (Fsp3) is 0.611. The molecule has 0 bridgehead atoms. The SMILES string of the molecule is C=C(OCC)c1ccnc(C2(O[Si](C)(C)C(C)(C)C)CC2)c1Cl. The molecule has 1 aromatic rings. The molecule has 1 heterocycles. The third kappa shape index (κ3) is 3.64. The van der Waals surface area contributed by atoms with Crippen LogP contribution in [0.4, 0.5) is 0 Å². The minimum atomic E-state index is -1.90. The Morgan fingerprint density at radius 1 is 1.39 bits per heavy atom. The van der Waals surface area contributed by atoms with E-state index in [-0.39, 0.29) is 10.6 Å². The molecule has 0 atom stereocenters. The van der Waals surface area contributed by atoms with Gasteiger partial charge >= 0.3 is 0 Å². The molecule has 23 heavy (non-hydrogen) atoms. The summed E-state index contributed by atoms with van der Waals surface area (Å²) in [6.45, 7) is 17.7. The molecule has 1 aliphatic rings. The molecule has 5 heteroatoms. The van der Waals surface area contributed by atoms with E-state index >= 15 is 0 Å². The molecule has 0 saturated heterocycles. The molecule has 0 N–H and O–H groups in total. The van der Waals surface area contributed by atoms with Crippen LogP contribution in [0.3, 0.4) is 0 Å². The van der Waals surface area contributed by atoms with Crippen molar-refractivity contribution in [1.82, 2.24) is 4.98 Å². The number of halogens is 1. The molecule has 0 aliphatic heterocycles. The van der Waals surface area contributed by atoms with Gasteiger partial charge in [-0.25, -0.2) is 0 Å². The highest BCUT2D eigenvalue weighted by Gasteiger charge is 2.54. The minimum absolute atomic E-state index is 0.154. The second-order valence-corrected chi connectivity index (χ2v) is 12.8. The molecule has 1 saturated carbocycles. The van der Waals surface area contributed by atoms with Crippen LogP contribution in [0.25, 0.3) is 5.76 Å². The lowest BCUT2D eigenvalue weighted by atomic mass is 10.1. The second kappa shape index (κ2) is 6.23. The van der Waals surface area contributed by atoms with Gasteiger partial charge in [-0.1, -0.05) is 39.0 Å². The summed E-state index contributed by atoms with van der Waals surface area (Å²) in [7, 11) is -1.90. The Morgan fingerprint density at radius 3 is 2.48 bits per heavy atom. The van der Waals surface area contributed by atoms with Gasteiger partial charge in [-0.05, 0) is 44.0 Å². The largest absolute Gasteiger partial charge is 0.494 e. The number of hydrogen-bond acceptors (Lipinski definition) is 3. The molecule has 1 fully saturated rings. The van der Waals surface area contributed by atoms with E-state index in [0.717, 1.165) is 24.1 Å². The van der Waals surface area contributed by atoms with Crippen molar-refractivity contribution in [3.8, 4) is 0 Å². The summed E-state index contributed by atoms with van der Waals surface area (Å²) in [6.07, 6.45) is 3.71. The van der Waals surface area contributed by atoms with E-state index in [0.29, 0.717) is 17.4 Å². The number of rotatable bonds is 6. The van der Waals surface area contributed by atoms with Crippen LogP contribution < -0.4 is 0 Å². The minimum Gasteiger partial charge on any atom is -0.494 e. The molecule has 1 aliphatic carbocycles. The molecule has 3 nitrogen and oxygen atoms in total. The zero-order valence-electron chi connectivity index (χ0n) is 15.1. The molecule has 2 rings (SSSR count). The van der Waals surface area contributed by atoms with Gasteiger partial charge in [0.1, 0.15) is 11.4 Å². The van der Waals surface area contributed by atoms with Gasteiger partial charge in [-0.2, -0.15) is 0 Å². The number of pyridine rings is 1. The molecular weight excluding hydrogens is 326 g/mol. The highest BCUT2D eigenvalue weighted by atomic mass is 35.5. The zero-order valence-corrected chi connectivity index (χ0v) is 16.9. The first kappa shape index (κ1) is 18.5. The lowest BCUT2D eigenvalue weighted by Gasteiger charge is -2.39. The summed E-state index contributed by atoms with van der Waals surface area (Å²) in [4.78, 5) is 4.55. The Kier molecular flexibility index (Phi) is 5.01. The number of ether oxygens (including phenoxy) is 1. The molecule has 0 unspecified atom stereocenters. The van der Waals surface area contributed by atoms with Crippen molar-refractivity contribution in [2.45, 2.75) is 64.3 Å². The quantitative estimate of drug-likeness (QED) is 0.481. The van der Waals surface area contributed by atoms with Gasteiger partial charge in [0.15, 0.2) is 8.32 Å². The van der Waals surface area contributed by atoms with E-state index in [1.54, 1.807) is 6.20 Å². The van der Waals surface area contributed by atoms with Crippen molar-refractivity contribution in [1.29, 1.82) is 0 Å². The van der Waals surface area contributed by atoms with E-state index in [2.05, 4.69) is 45.4 Å². The van der Waals surface area contributed by atoms with Crippen LogP contribution in [0.2, 0.25) is 23.2 Å². The predicted molar refractivity (Wildman–Crippen MR) is 99.1 cm³/mol. The number of aromatic nitrogens is 1. The van der Waals surface area contributed by atoms with Crippen LogP contribution in [0, 0.1) is 0 Å².